The summed E-state index contributed by atoms with van der Waals surface area (Å²) in [5.74, 6) is 0.620. The molecule has 0 atom stereocenters. The summed E-state index contributed by atoms with van der Waals surface area (Å²) in [7, 11) is 0. The molecule has 0 aliphatic heterocycles. The molecule has 3 aromatic carbocycles. The maximum atomic E-state index is 13.1. The highest BCUT2D eigenvalue weighted by Crippen LogP contribution is 2.21. The van der Waals surface area contributed by atoms with E-state index in [1.54, 1.807) is 36.5 Å². The number of halogens is 1. The Balaban J connectivity index is 1.45. The number of aryl methyl sites for hydroxylation is 2. The predicted octanol–water partition coefficient (Wildman–Crippen LogP) is 5.90. The van der Waals surface area contributed by atoms with Crippen LogP contribution in [0, 0.1) is 19.7 Å². The average molecular weight is 412 g/mol. The lowest BCUT2D eigenvalue weighted by atomic mass is 10.1. The first-order valence-corrected chi connectivity index (χ1v) is 9.82. The summed E-state index contributed by atoms with van der Waals surface area (Å²) in [6.07, 6.45) is 1.64. The third kappa shape index (κ3) is 4.93. The van der Waals surface area contributed by atoms with E-state index in [9.17, 15) is 9.18 Å². The molecule has 154 valence electrons. The van der Waals surface area contributed by atoms with Crippen LogP contribution in [0.15, 0.2) is 79.0 Å². The van der Waals surface area contributed by atoms with Crippen LogP contribution in [0.1, 0.15) is 21.5 Å². The van der Waals surface area contributed by atoms with E-state index >= 15 is 0 Å². The zero-order valence-electron chi connectivity index (χ0n) is 17.2. The van der Waals surface area contributed by atoms with E-state index in [4.69, 9.17) is 0 Å². The minimum absolute atomic E-state index is 0.167. The zero-order chi connectivity index (χ0) is 21.8. The summed E-state index contributed by atoms with van der Waals surface area (Å²) >= 11 is 0. The number of hydrogen-bond donors (Lipinski definition) is 2. The van der Waals surface area contributed by atoms with Gasteiger partial charge >= 0.3 is 0 Å². The van der Waals surface area contributed by atoms with Crippen molar-refractivity contribution in [3.63, 3.8) is 0 Å². The molecule has 0 bridgehead atoms. The number of anilines is 3. The zero-order valence-corrected chi connectivity index (χ0v) is 17.2. The Morgan fingerprint density at radius 1 is 0.903 bits per heavy atom. The summed E-state index contributed by atoms with van der Waals surface area (Å²) in [5.41, 5.74) is 5.04. The van der Waals surface area contributed by atoms with Gasteiger partial charge in [0.25, 0.3) is 5.91 Å². The van der Waals surface area contributed by atoms with E-state index in [-0.39, 0.29) is 11.7 Å². The summed E-state index contributed by atoms with van der Waals surface area (Å²) in [4.78, 5) is 21.3. The number of nitrogens with one attached hydrogen (secondary N) is 2. The monoisotopic (exact) mass is 412 g/mol. The van der Waals surface area contributed by atoms with Crippen LogP contribution in [0.4, 0.5) is 21.6 Å². The van der Waals surface area contributed by atoms with Gasteiger partial charge in [-0.15, -0.1) is 0 Å². The van der Waals surface area contributed by atoms with Crippen molar-refractivity contribution in [1.82, 2.24) is 9.97 Å². The molecule has 0 aliphatic carbocycles. The van der Waals surface area contributed by atoms with Crippen molar-refractivity contribution < 1.29 is 9.18 Å². The molecule has 4 aromatic rings. The van der Waals surface area contributed by atoms with E-state index in [1.165, 1.54) is 12.1 Å². The van der Waals surface area contributed by atoms with E-state index in [0.717, 1.165) is 28.1 Å². The molecule has 2 N–H and O–H groups in total. The molecule has 6 heteroatoms. The Bertz CT molecular complexity index is 1220. The quantitative estimate of drug-likeness (QED) is 0.429. The number of benzene rings is 3. The van der Waals surface area contributed by atoms with Gasteiger partial charge in [-0.25, -0.2) is 14.4 Å². The van der Waals surface area contributed by atoms with Crippen LogP contribution in [0.3, 0.4) is 0 Å². The Labute approximate surface area is 180 Å². The van der Waals surface area contributed by atoms with E-state index < -0.39 is 0 Å². The first-order valence-electron chi connectivity index (χ1n) is 9.82. The number of nitrogens with zero attached hydrogens (tertiary/aromatic N) is 2. The highest BCUT2D eigenvalue weighted by Gasteiger charge is 2.09. The minimum Gasteiger partial charge on any atom is -0.340 e. The number of carbonyl (C=O) groups excluding carboxylic acids is 1. The van der Waals surface area contributed by atoms with Gasteiger partial charge in [0, 0.05) is 28.7 Å². The maximum absolute atomic E-state index is 13.1. The third-order valence-electron chi connectivity index (χ3n) is 4.81. The smallest absolute Gasteiger partial charge is 0.255 e. The largest absolute Gasteiger partial charge is 0.340 e. The van der Waals surface area contributed by atoms with Crippen molar-refractivity contribution in [1.29, 1.82) is 0 Å². The lowest BCUT2D eigenvalue weighted by Gasteiger charge is -2.10. The van der Waals surface area contributed by atoms with Gasteiger partial charge in [-0.05, 0) is 80.1 Å². The molecule has 4 rings (SSSR count). The van der Waals surface area contributed by atoms with Crippen LogP contribution in [0.5, 0.6) is 0 Å². The summed E-state index contributed by atoms with van der Waals surface area (Å²) in [6, 6.07) is 20.8. The van der Waals surface area contributed by atoms with E-state index in [0.29, 0.717) is 17.2 Å². The highest BCUT2D eigenvalue weighted by molar-refractivity contribution is 6.04. The lowest BCUT2D eigenvalue weighted by Crippen LogP contribution is -2.12. The van der Waals surface area contributed by atoms with Crippen molar-refractivity contribution in [2.75, 3.05) is 10.6 Å². The molecule has 0 saturated carbocycles. The lowest BCUT2D eigenvalue weighted by molar-refractivity contribution is 0.102. The van der Waals surface area contributed by atoms with Gasteiger partial charge in [0.2, 0.25) is 0 Å². The van der Waals surface area contributed by atoms with Crippen LogP contribution in [-0.2, 0) is 0 Å². The van der Waals surface area contributed by atoms with Crippen LogP contribution >= 0.6 is 0 Å². The molecule has 0 saturated heterocycles. The van der Waals surface area contributed by atoms with Gasteiger partial charge in [0.1, 0.15) is 11.6 Å². The normalized spacial score (nSPS) is 10.5. The number of amides is 1. The molecule has 1 amide bonds. The fraction of sp³-hybridized carbons (Fsp3) is 0.0800. The van der Waals surface area contributed by atoms with Crippen LogP contribution in [-0.4, -0.2) is 15.9 Å². The number of rotatable bonds is 5. The van der Waals surface area contributed by atoms with Crippen molar-refractivity contribution in [2.45, 2.75) is 13.8 Å². The fourth-order valence-electron chi connectivity index (χ4n) is 3.17. The Hall–Kier alpha value is -4.06. The average Bonchev–Trinajstić information content (AvgIpc) is 2.77. The van der Waals surface area contributed by atoms with E-state index in [1.807, 2.05) is 44.2 Å². The SMILES string of the molecule is Cc1ccc(NC(=O)c2ccc(Nc3ccnc(-c4ccc(F)cc4)n3)cc2)c(C)c1. The Morgan fingerprint density at radius 2 is 1.65 bits per heavy atom. The van der Waals surface area contributed by atoms with Gasteiger partial charge in [-0.3, -0.25) is 4.79 Å². The molecule has 0 spiro atoms. The summed E-state index contributed by atoms with van der Waals surface area (Å²) in [6.45, 7) is 3.99. The fourth-order valence-corrected chi connectivity index (χ4v) is 3.17. The van der Waals surface area contributed by atoms with Gasteiger partial charge in [-0.1, -0.05) is 17.7 Å². The van der Waals surface area contributed by atoms with Crippen molar-refractivity contribution in [2.24, 2.45) is 0 Å². The van der Waals surface area contributed by atoms with Crippen molar-refractivity contribution in [3.05, 3.63) is 102 Å². The minimum atomic E-state index is -0.306. The molecular weight excluding hydrogens is 391 g/mol. The third-order valence-corrected chi connectivity index (χ3v) is 4.81. The van der Waals surface area contributed by atoms with Crippen molar-refractivity contribution >= 4 is 23.1 Å². The number of aromatic nitrogens is 2. The van der Waals surface area contributed by atoms with Crippen LogP contribution < -0.4 is 10.6 Å². The molecule has 0 fully saturated rings. The molecule has 0 aliphatic rings. The van der Waals surface area contributed by atoms with Gasteiger partial charge in [-0.2, -0.15) is 0 Å². The van der Waals surface area contributed by atoms with Gasteiger partial charge in [0.15, 0.2) is 5.82 Å². The second-order valence-electron chi connectivity index (χ2n) is 7.25. The molecular formula is C25H21FN4O. The second kappa shape index (κ2) is 8.75. The van der Waals surface area contributed by atoms with Gasteiger partial charge < -0.3 is 10.6 Å². The predicted molar refractivity (Wildman–Crippen MR) is 121 cm³/mol. The Morgan fingerprint density at radius 3 is 2.35 bits per heavy atom. The topological polar surface area (TPSA) is 66.9 Å². The van der Waals surface area contributed by atoms with Crippen LogP contribution in [0.2, 0.25) is 0 Å². The second-order valence-corrected chi connectivity index (χ2v) is 7.25. The molecule has 0 unspecified atom stereocenters. The Kier molecular flexibility index (Phi) is 5.71. The number of carbonyl (C=O) groups is 1. The molecule has 5 nitrogen and oxygen atoms in total. The number of hydrogen-bond acceptors (Lipinski definition) is 4. The first kappa shape index (κ1) is 20.2. The molecule has 31 heavy (non-hydrogen) atoms. The standard InChI is InChI=1S/C25H21FN4O/c1-16-3-12-22(17(2)15-16)29-25(31)19-6-10-21(11-7-19)28-23-13-14-27-24(30-23)18-4-8-20(26)9-5-18/h3-15H,1-2H3,(H,29,31)(H,27,28,30). The van der Waals surface area contributed by atoms with E-state index in [2.05, 4.69) is 20.6 Å². The highest BCUT2D eigenvalue weighted by atomic mass is 19.1. The molecule has 1 heterocycles. The van der Waals surface area contributed by atoms with Crippen molar-refractivity contribution in [3.8, 4) is 11.4 Å². The summed E-state index contributed by atoms with van der Waals surface area (Å²) < 4.78 is 13.1. The maximum Gasteiger partial charge on any atom is 0.255 e. The van der Waals surface area contributed by atoms with Gasteiger partial charge in [0.05, 0.1) is 0 Å². The molecule has 0 radical (unpaired) electrons. The summed E-state index contributed by atoms with van der Waals surface area (Å²) in [5, 5.41) is 6.15. The van der Waals surface area contributed by atoms with Crippen LogP contribution in [0.25, 0.3) is 11.4 Å². The molecule has 1 aromatic heterocycles. The first-order chi connectivity index (χ1) is 15.0.